The van der Waals surface area contributed by atoms with Crippen molar-refractivity contribution in [2.75, 3.05) is 6.26 Å². The number of thioether (sulfide) groups is 1. The highest BCUT2D eigenvalue weighted by atomic mass is 32.2. The molecule has 1 heterocycles. The minimum atomic E-state index is -0.356. The van der Waals surface area contributed by atoms with Crippen LogP contribution in [0.25, 0.3) is 0 Å². The van der Waals surface area contributed by atoms with Crippen LogP contribution >= 0.6 is 23.1 Å². The van der Waals surface area contributed by atoms with Crippen molar-refractivity contribution in [2.45, 2.75) is 23.8 Å². The number of aryl methyl sites for hydroxylation is 1. The third-order valence-corrected chi connectivity index (χ3v) is 4.26. The van der Waals surface area contributed by atoms with Crippen molar-refractivity contribution < 1.29 is 5.11 Å². The zero-order chi connectivity index (χ0) is 12.1. The Morgan fingerprint density at radius 3 is 2.59 bits per heavy atom. The topological polar surface area (TPSA) is 20.2 Å². The minimum Gasteiger partial charge on any atom is -0.388 e. The van der Waals surface area contributed by atoms with Gasteiger partial charge >= 0.3 is 0 Å². The van der Waals surface area contributed by atoms with Crippen molar-refractivity contribution >= 4 is 23.1 Å². The number of aliphatic hydroxyl groups is 1. The number of hydrogen-bond acceptors (Lipinski definition) is 3. The van der Waals surface area contributed by atoms with Crippen LogP contribution in [0.15, 0.2) is 46.0 Å². The van der Waals surface area contributed by atoms with Crippen LogP contribution in [0.1, 0.15) is 23.7 Å². The minimum absolute atomic E-state index is 0.356. The van der Waals surface area contributed by atoms with Crippen LogP contribution in [0.5, 0.6) is 0 Å². The molecule has 0 aliphatic heterocycles. The first-order valence-corrected chi connectivity index (χ1v) is 7.79. The van der Waals surface area contributed by atoms with Crippen LogP contribution < -0.4 is 0 Å². The lowest BCUT2D eigenvalue weighted by molar-refractivity contribution is 0.168. The lowest BCUT2D eigenvalue weighted by atomic mass is 10.0. The number of hydrogen-bond donors (Lipinski definition) is 1. The van der Waals surface area contributed by atoms with E-state index in [4.69, 9.17) is 0 Å². The summed E-state index contributed by atoms with van der Waals surface area (Å²) in [6.07, 6.45) is 3.43. The van der Waals surface area contributed by atoms with Crippen molar-refractivity contribution in [3.63, 3.8) is 0 Å². The molecule has 1 N–H and O–H groups in total. The molecule has 0 saturated carbocycles. The molecular formula is C14H16OS2. The van der Waals surface area contributed by atoms with E-state index in [1.165, 1.54) is 10.5 Å². The van der Waals surface area contributed by atoms with Gasteiger partial charge in [0.05, 0.1) is 6.10 Å². The van der Waals surface area contributed by atoms with Crippen molar-refractivity contribution in [3.05, 3.63) is 52.2 Å². The summed E-state index contributed by atoms with van der Waals surface area (Å²) in [6.45, 7) is 0. The van der Waals surface area contributed by atoms with Gasteiger partial charge in [-0.05, 0) is 59.2 Å². The SMILES string of the molecule is CSc1ccc(C(O)CCc2ccsc2)cc1. The molecule has 0 fully saturated rings. The van der Waals surface area contributed by atoms with E-state index in [-0.39, 0.29) is 6.10 Å². The predicted octanol–water partition coefficient (Wildman–Crippen LogP) is 4.14. The summed E-state index contributed by atoms with van der Waals surface area (Å²) in [5.74, 6) is 0. The van der Waals surface area contributed by atoms with E-state index in [0.29, 0.717) is 0 Å². The van der Waals surface area contributed by atoms with E-state index in [9.17, 15) is 5.11 Å². The Morgan fingerprint density at radius 2 is 2.00 bits per heavy atom. The highest BCUT2D eigenvalue weighted by molar-refractivity contribution is 7.98. The van der Waals surface area contributed by atoms with Crippen LogP contribution in [-0.4, -0.2) is 11.4 Å². The molecule has 1 aromatic carbocycles. The lowest BCUT2D eigenvalue weighted by Crippen LogP contribution is -1.99. The van der Waals surface area contributed by atoms with Gasteiger partial charge in [0.15, 0.2) is 0 Å². The molecule has 1 atom stereocenters. The van der Waals surface area contributed by atoms with Crippen LogP contribution in [-0.2, 0) is 6.42 Å². The van der Waals surface area contributed by atoms with E-state index in [1.54, 1.807) is 23.1 Å². The Labute approximate surface area is 111 Å². The molecule has 0 amide bonds. The Hall–Kier alpha value is -0.770. The maximum Gasteiger partial charge on any atom is 0.0793 e. The molecule has 0 bridgehead atoms. The van der Waals surface area contributed by atoms with Crippen LogP contribution in [0.4, 0.5) is 0 Å². The number of rotatable bonds is 5. The molecule has 0 spiro atoms. The first-order valence-electron chi connectivity index (χ1n) is 5.62. The van der Waals surface area contributed by atoms with Crippen LogP contribution in [0.3, 0.4) is 0 Å². The highest BCUT2D eigenvalue weighted by Gasteiger charge is 2.07. The Balaban J connectivity index is 1.92. The van der Waals surface area contributed by atoms with Gasteiger partial charge in [-0.3, -0.25) is 0 Å². The van der Waals surface area contributed by atoms with E-state index in [2.05, 4.69) is 35.2 Å². The predicted molar refractivity (Wildman–Crippen MR) is 75.8 cm³/mol. The maximum atomic E-state index is 10.1. The van der Waals surface area contributed by atoms with Crippen molar-refractivity contribution in [2.24, 2.45) is 0 Å². The standard InChI is InChI=1S/C14H16OS2/c1-16-13-5-3-12(4-6-13)14(15)7-2-11-8-9-17-10-11/h3-6,8-10,14-15H,2,7H2,1H3. The third-order valence-electron chi connectivity index (χ3n) is 2.79. The molecule has 17 heavy (non-hydrogen) atoms. The van der Waals surface area contributed by atoms with Gasteiger partial charge in [0.2, 0.25) is 0 Å². The summed E-state index contributed by atoms with van der Waals surface area (Å²) in [4.78, 5) is 1.23. The number of benzene rings is 1. The molecule has 1 unspecified atom stereocenters. The average Bonchev–Trinajstić information content (AvgIpc) is 2.89. The van der Waals surface area contributed by atoms with Crippen molar-refractivity contribution in [1.29, 1.82) is 0 Å². The van der Waals surface area contributed by atoms with E-state index in [1.807, 2.05) is 12.1 Å². The van der Waals surface area contributed by atoms with Gasteiger partial charge in [-0.1, -0.05) is 12.1 Å². The quantitative estimate of drug-likeness (QED) is 0.819. The summed E-state index contributed by atoms with van der Waals surface area (Å²) in [5.41, 5.74) is 2.33. The Bertz CT molecular complexity index is 434. The summed E-state index contributed by atoms with van der Waals surface area (Å²) < 4.78 is 0. The fraction of sp³-hybridized carbons (Fsp3) is 0.286. The second-order valence-electron chi connectivity index (χ2n) is 3.96. The molecular weight excluding hydrogens is 248 g/mol. The van der Waals surface area contributed by atoms with Crippen molar-refractivity contribution in [1.82, 2.24) is 0 Å². The zero-order valence-corrected chi connectivity index (χ0v) is 11.4. The first kappa shape index (κ1) is 12.7. The van der Waals surface area contributed by atoms with E-state index < -0.39 is 0 Å². The smallest absolute Gasteiger partial charge is 0.0793 e. The Kier molecular flexibility index (Phi) is 4.66. The molecule has 0 saturated heterocycles. The summed E-state index contributed by atoms with van der Waals surface area (Å²) >= 11 is 3.43. The monoisotopic (exact) mass is 264 g/mol. The molecule has 1 aromatic heterocycles. The average molecular weight is 264 g/mol. The molecule has 1 nitrogen and oxygen atoms in total. The molecule has 0 radical (unpaired) electrons. The molecule has 2 aromatic rings. The molecule has 0 aliphatic rings. The van der Waals surface area contributed by atoms with Gasteiger partial charge in [-0.15, -0.1) is 11.8 Å². The summed E-state index contributed by atoms with van der Waals surface area (Å²) in [7, 11) is 0. The van der Waals surface area contributed by atoms with Gasteiger partial charge in [0.25, 0.3) is 0 Å². The van der Waals surface area contributed by atoms with E-state index in [0.717, 1.165) is 18.4 Å². The largest absolute Gasteiger partial charge is 0.388 e. The molecule has 90 valence electrons. The van der Waals surface area contributed by atoms with Gasteiger partial charge in [0, 0.05) is 4.90 Å². The Morgan fingerprint density at radius 1 is 1.24 bits per heavy atom. The van der Waals surface area contributed by atoms with Gasteiger partial charge in [0.1, 0.15) is 0 Å². The molecule has 0 aliphatic carbocycles. The van der Waals surface area contributed by atoms with Gasteiger partial charge < -0.3 is 5.11 Å². The highest BCUT2D eigenvalue weighted by Crippen LogP contribution is 2.22. The van der Waals surface area contributed by atoms with Crippen LogP contribution in [0, 0.1) is 0 Å². The fourth-order valence-electron chi connectivity index (χ4n) is 1.73. The summed E-state index contributed by atoms with van der Waals surface area (Å²) in [6, 6.07) is 10.3. The van der Waals surface area contributed by atoms with Gasteiger partial charge in [-0.2, -0.15) is 11.3 Å². The van der Waals surface area contributed by atoms with E-state index >= 15 is 0 Å². The van der Waals surface area contributed by atoms with Crippen LogP contribution in [0.2, 0.25) is 0 Å². The number of thiophene rings is 1. The van der Waals surface area contributed by atoms with Crippen molar-refractivity contribution in [3.8, 4) is 0 Å². The lowest BCUT2D eigenvalue weighted by Gasteiger charge is -2.10. The third kappa shape index (κ3) is 3.60. The summed E-state index contributed by atoms with van der Waals surface area (Å²) in [5, 5.41) is 14.3. The molecule has 3 heteroatoms. The first-order chi connectivity index (χ1) is 8.29. The number of aliphatic hydroxyl groups excluding tert-OH is 1. The normalized spacial score (nSPS) is 12.6. The fourth-order valence-corrected chi connectivity index (χ4v) is 2.84. The zero-order valence-electron chi connectivity index (χ0n) is 9.80. The second-order valence-corrected chi connectivity index (χ2v) is 5.62. The van der Waals surface area contributed by atoms with Gasteiger partial charge in [-0.25, -0.2) is 0 Å². The maximum absolute atomic E-state index is 10.1. The second kappa shape index (κ2) is 6.24. The molecule has 2 rings (SSSR count).